The van der Waals surface area contributed by atoms with E-state index in [9.17, 15) is 0 Å². The van der Waals surface area contributed by atoms with Gasteiger partial charge in [-0.1, -0.05) is 25.1 Å². The van der Waals surface area contributed by atoms with Crippen LogP contribution in [0.25, 0.3) is 5.57 Å². The van der Waals surface area contributed by atoms with Crippen molar-refractivity contribution in [2.45, 2.75) is 25.8 Å². The van der Waals surface area contributed by atoms with Crippen LogP contribution in [-0.4, -0.2) is 37.7 Å². The van der Waals surface area contributed by atoms with Crippen LogP contribution in [0, 0.1) is 0 Å². The fraction of sp³-hybridized carbons (Fsp3) is 0.500. The maximum absolute atomic E-state index is 5.98. The van der Waals surface area contributed by atoms with Crippen LogP contribution in [0.1, 0.15) is 25.3 Å². The summed E-state index contributed by atoms with van der Waals surface area (Å²) in [6.07, 6.45) is 4.69. The van der Waals surface area contributed by atoms with Crippen molar-refractivity contribution in [2.24, 2.45) is 0 Å². The molecule has 3 heteroatoms. The lowest BCUT2D eigenvalue weighted by Gasteiger charge is -2.39. The maximum atomic E-state index is 5.98. The Morgan fingerprint density at radius 3 is 3.11 bits per heavy atom. The number of fused-ring (bicyclic) bond motifs is 3. The number of methoxy groups -OCH3 is 1. The maximum Gasteiger partial charge on any atom is 0.168 e. The first-order valence-electron chi connectivity index (χ1n) is 7.09. The number of hydrogen-bond acceptors (Lipinski definition) is 3. The Hall–Kier alpha value is -1.48. The van der Waals surface area contributed by atoms with Crippen molar-refractivity contribution in [3.8, 4) is 11.5 Å². The van der Waals surface area contributed by atoms with E-state index in [1.807, 2.05) is 12.1 Å². The molecule has 1 aromatic rings. The minimum Gasteiger partial charge on any atom is -0.493 e. The third-order valence-corrected chi connectivity index (χ3v) is 3.99. The molecule has 0 radical (unpaired) electrons. The molecule has 3 rings (SSSR count). The quantitative estimate of drug-likeness (QED) is 0.833. The third kappa shape index (κ3) is 2.12. The average Bonchev–Trinajstić information content (AvgIpc) is 2.47. The lowest BCUT2D eigenvalue weighted by atomic mass is 9.90. The van der Waals surface area contributed by atoms with Crippen molar-refractivity contribution in [1.29, 1.82) is 0 Å². The van der Waals surface area contributed by atoms with E-state index in [2.05, 4.69) is 24.0 Å². The molecule has 0 saturated heterocycles. The molecule has 2 aliphatic heterocycles. The van der Waals surface area contributed by atoms with Gasteiger partial charge in [0.25, 0.3) is 0 Å². The molecular weight excluding hydrogens is 238 g/mol. The summed E-state index contributed by atoms with van der Waals surface area (Å²) in [7, 11) is 1.70. The van der Waals surface area contributed by atoms with Gasteiger partial charge in [0.15, 0.2) is 11.5 Å². The highest BCUT2D eigenvalue weighted by Gasteiger charge is 2.32. The number of benzene rings is 1. The molecule has 102 valence electrons. The lowest BCUT2D eigenvalue weighted by Crippen LogP contribution is -2.45. The van der Waals surface area contributed by atoms with Crippen molar-refractivity contribution in [2.75, 3.05) is 26.8 Å². The molecular formula is C16H21NO2. The molecule has 1 atom stereocenters. The summed E-state index contributed by atoms with van der Waals surface area (Å²) >= 11 is 0. The largest absolute Gasteiger partial charge is 0.493 e. The smallest absolute Gasteiger partial charge is 0.168 e. The summed E-state index contributed by atoms with van der Waals surface area (Å²) in [5.41, 5.74) is 2.62. The van der Waals surface area contributed by atoms with E-state index in [1.54, 1.807) is 7.11 Å². The molecule has 0 saturated carbocycles. The molecule has 0 bridgehead atoms. The second kappa shape index (κ2) is 5.25. The standard InChI is InChI=1S/C16H21NO2/c1-3-9-17-10-5-7-12-13-6-4-8-15(18-2)16(13)19-11-14(12)17/h4,6-8,14H,3,5,9-11H2,1-2H3. The zero-order valence-electron chi connectivity index (χ0n) is 11.7. The zero-order valence-corrected chi connectivity index (χ0v) is 11.7. The van der Waals surface area contributed by atoms with E-state index in [0.717, 1.165) is 37.6 Å². The Balaban J connectivity index is 1.99. The Morgan fingerprint density at radius 1 is 1.42 bits per heavy atom. The molecule has 1 aromatic carbocycles. The van der Waals surface area contributed by atoms with Gasteiger partial charge in [-0.3, -0.25) is 4.90 Å². The first-order chi connectivity index (χ1) is 9.35. The normalized spacial score (nSPS) is 22.0. The Bertz CT molecular complexity index is 496. The van der Waals surface area contributed by atoms with Gasteiger partial charge in [0.1, 0.15) is 6.61 Å². The predicted octanol–water partition coefficient (Wildman–Crippen LogP) is 2.96. The molecule has 0 amide bonds. The van der Waals surface area contributed by atoms with E-state index in [0.29, 0.717) is 6.04 Å². The van der Waals surface area contributed by atoms with E-state index in [1.165, 1.54) is 17.6 Å². The topological polar surface area (TPSA) is 21.7 Å². The molecule has 1 unspecified atom stereocenters. The monoisotopic (exact) mass is 259 g/mol. The number of nitrogens with zero attached hydrogens (tertiary/aromatic N) is 1. The van der Waals surface area contributed by atoms with Gasteiger partial charge in [-0.05, 0) is 31.0 Å². The van der Waals surface area contributed by atoms with Crippen LogP contribution in [-0.2, 0) is 0 Å². The molecule has 0 spiro atoms. The minimum absolute atomic E-state index is 0.410. The van der Waals surface area contributed by atoms with Crippen molar-refractivity contribution >= 4 is 5.57 Å². The van der Waals surface area contributed by atoms with E-state index >= 15 is 0 Å². The van der Waals surface area contributed by atoms with Gasteiger partial charge in [-0.2, -0.15) is 0 Å². The van der Waals surface area contributed by atoms with E-state index in [-0.39, 0.29) is 0 Å². The van der Waals surface area contributed by atoms with Crippen LogP contribution >= 0.6 is 0 Å². The Labute approximate surface area is 114 Å². The average molecular weight is 259 g/mol. The Morgan fingerprint density at radius 2 is 2.32 bits per heavy atom. The molecule has 0 N–H and O–H groups in total. The highest BCUT2D eigenvalue weighted by atomic mass is 16.5. The Kier molecular flexibility index (Phi) is 3.47. The summed E-state index contributed by atoms with van der Waals surface area (Å²) in [6, 6.07) is 6.56. The van der Waals surface area contributed by atoms with Crippen LogP contribution in [0.5, 0.6) is 11.5 Å². The van der Waals surface area contributed by atoms with Crippen molar-refractivity contribution in [3.05, 3.63) is 29.8 Å². The number of para-hydroxylation sites is 1. The first kappa shape index (κ1) is 12.5. The highest BCUT2D eigenvalue weighted by molar-refractivity contribution is 5.78. The summed E-state index contributed by atoms with van der Waals surface area (Å²) in [4.78, 5) is 2.54. The molecule has 0 fully saturated rings. The molecule has 2 heterocycles. The zero-order chi connectivity index (χ0) is 13.2. The van der Waals surface area contributed by atoms with Crippen molar-refractivity contribution < 1.29 is 9.47 Å². The van der Waals surface area contributed by atoms with Gasteiger partial charge in [0.2, 0.25) is 0 Å². The fourth-order valence-electron chi connectivity index (χ4n) is 3.13. The molecule has 0 aliphatic carbocycles. The van der Waals surface area contributed by atoms with Crippen LogP contribution in [0.15, 0.2) is 24.3 Å². The van der Waals surface area contributed by atoms with Crippen LogP contribution < -0.4 is 9.47 Å². The predicted molar refractivity (Wildman–Crippen MR) is 76.7 cm³/mol. The van der Waals surface area contributed by atoms with Crippen molar-refractivity contribution in [3.63, 3.8) is 0 Å². The van der Waals surface area contributed by atoms with Gasteiger partial charge < -0.3 is 9.47 Å². The molecule has 3 nitrogen and oxygen atoms in total. The van der Waals surface area contributed by atoms with Crippen LogP contribution in [0.3, 0.4) is 0 Å². The SMILES string of the molecule is CCCN1CCC=C2c3cccc(OC)c3OCC21. The van der Waals surface area contributed by atoms with Crippen LogP contribution in [0.4, 0.5) is 0 Å². The van der Waals surface area contributed by atoms with Gasteiger partial charge >= 0.3 is 0 Å². The minimum atomic E-state index is 0.410. The van der Waals surface area contributed by atoms with Gasteiger partial charge in [0, 0.05) is 12.1 Å². The van der Waals surface area contributed by atoms with Crippen molar-refractivity contribution in [1.82, 2.24) is 4.90 Å². The molecule has 0 aromatic heterocycles. The summed E-state index contributed by atoms with van der Waals surface area (Å²) in [6.45, 7) is 5.26. The molecule has 19 heavy (non-hydrogen) atoms. The summed E-state index contributed by atoms with van der Waals surface area (Å²) in [5.74, 6) is 1.75. The second-order valence-electron chi connectivity index (χ2n) is 5.15. The van der Waals surface area contributed by atoms with Gasteiger partial charge in [0.05, 0.1) is 13.2 Å². The fourth-order valence-corrected chi connectivity index (χ4v) is 3.13. The van der Waals surface area contributed by atoms with E-state index in [4.69, 9.17) is 9.47 Å². The summed E-state index contributed by atoms with van der Waals surface area (Å²) in [5, 5.41) is 0. The van der Waals surface area contributed by atoms with Crippen LogP contribution in [0.2, 0.25) is 0 Å². The third-order valence-electron chi connectivity index (χ3n) is 3.99. The first-order valence-corrected chi connectivity index (χ1v) is 7.09. The number of ether oxygens (including phenoxy) is 2. The molecule has 2 aliphatic rings. The highest BCUT2D eigenvalue weighted by Crippen LogP contribution is 2.42. The second-order valence-corrected chi connectivity index (χ2v) is 5.15. The van der Waals surface area contributed by atoms with Gasteiger partial charge in [-0.25, -0.2) is 0 Å². The summed E-state index contributed by atoms with van der Waals surface area (Å²) < 4.78 is 11.4. The van der Waals surface area contributed by atoms with Gasteiger partial charge in [-0.15, -0.1) is 0 Å². The van der Waals surface area contributed by atoms with E-state index < -0.39 is 0 Å². The lowest BCUT2D eigenvalue weighted by molar-refractivity contribution is 0.154. The number of rotatable bonds is 3. The number of hydrogen-bond donors (Lipinski definition) is 0.